The Bertz CT molecular complexity index is 3130. The van der Waals surface area contributed by atoms with Gasteiger partial charge in [-0.05, 0) is 87.8 Å². The van der Waals surface area contributed by atoms with Gasteiger partial charge in [0.2, 0.25) is 0 Å². The third kappa shape index (κ3) is 4.81. The third-order valence-corrected chi connectivity index (χ3v) is 10.7. The molecular weight excluding hydrogens is 651 g/mol. The Morgan fingerprint density at radius 1 is 0.528 bits per heavy atom. The lowest BCUT2D eigenvalue weighted by Gasteiger charge is -2.17. The Morgan fingerprint density at radius 3 is 2.17 bits per heavy atom. The molecule has 0 fully saturated rings. The summed E-state index contributed by atoms with van der Waals surface area (Å²) in [7, 11) is 0. The van der Waals surface area contributed by atoms with Gasteiger partial charge in [0, 0.05) is 32.7 Å². The summed E-state index contributed by atoms with van der Waals surface area (Å²) in [6.07, 6.45) is 5.47. The van der Waals surface area contributed by atoms with E-state index in [0.717, 1.165) is 78.1 Å². The molecule has 1 atom stereocenters. The van der Waals surface area contributed by atoms with Crippen molar-refractivity contribution in [1.82, 2.24) is 15.0 Å². The van der Waals surface area contributed by atoms with Gasteiger partial charge in [-0.1, -0.05) is 116 Å². The van der Waals surface area contributed by atoms with E-state index >= 15 is 0 Å². The largest absolute Gasteiger partial charge is 0.456 e. The molecule has 53 heavy (non-hydrogen) atoms. The quantitative estimate of drug-likeness (QED) is 0.185. The number of benzene rings is 7. The summed E-state index contributed by atoms with van der Waals surface area (Å²) in [5.74, 6) is 2.20. The van der Waals surface area contributed by atoms with Crippen molar-refractivity contribution in [1.29, 1.82) is 0 Å². The molecule has 1 aliphatic rings. The van der Waals surface area contributed by atoms with Crippen LogP contribution in [0.15, 0.2) is 154 Å². The normalized spacial score (nSPS) is 14.2. The maximum absolute atomic E-state index is 6.54. The Labute approximate surface area is 304 Å². The van der Waals surface area contributed by atoms with Crippen molar-refractivity contribution in [3.8, 4) is 45.3 Å². The highest BCUT2D eigenvalue weighted by atomic mass is 16.3. The Hall–Kier alpha value is -6.85. The Kier molecular flexibility index (Phi) is 6.52. The summed E-state index contributed by atoms with van der Waals surface area (Å²) in [6.45, 7) is 2.25. The molecule has 3 heterocycles. The highest BCUT2D eigenvalue weighted by molar-refractivity contribution is 6.15. The molecule has 3 aromatic heterocycles. The average molecular weight is 682 g/mol. The van der Waals surface area contributed by atoms with Crippen LogP contribution in [-0.4, -0.2) is 15.0 Å². The molecule has 0 spiro atoms. The molecular formula is C48H31N3O2. The summed E-state index contributed by atoms with van der Waals surface area (Å²) >= 11 is 0. The van der Waals surface area contributed by atoms with E-state index in [4.69, 9.17) is 23.8 Å². The lowest BCUT2D eigenvalue weighted by atomic mass is 9.89. The molecule has 11 rings (SSSR count). The second-order valence-corrected chi connectivity index (χ2v) is 14.1. The smallest absolute Gasteiger partial charge is 0.167 e. The van der Waals surface area contributed by atoms with Crippen molar-refractivity contribution in [2.24, 2.45) is 5.92 Å². The predicted octanol–water partition coefficient (Wildman–Crippen LogP) is 12.7. The number of hydrogen-bond acceptors (Lipinski definition) is 5. The van der Waals surface area contributed by atoms with E-state index in [1.165, 1.54) is 21.9 Å². The van der Waals surface area contributed by atoms with E-state index in [1.54, 1.807) is 0 Å². The van der Waals surface area contributed by atoms with Crippen LogP contribution >= 0.6 is 0 Å². The molecule has 0 aliphatic heterocycles. The minimum absolute atomic E-state index is 0.462. The fourth-order valence-corrected chi connectivity index (χ4v) is 8.07. The number of furan rings is 2. The SMILES string of the molecule is CC1C=Cc2ccc(-c3nc(-c4cccc5c4oc4ccccc45)nc(-c4c(-c5ccc6ccccc6c5)ccc5oc6ccccc6c45)n3)cc2C1. The predicted molar refractivity (Wildman–Crippen MR) is 216 cm³/mol. The molecule has 0 amide bonds. The number of fused-ring (bicyclic) bond motifs is 8. The first-order chi connectivity index (χ1) is 26.1. The van der Waals surface area contributed by atoms with E-state index in [9.17, 15) is 0 Å². The van der Waals surface area contributed by atoms with Gasteiger partial charge in [0.1, 0.15) is 22.3 Å². The van der Waals surface area contributed by atoms with Crippen molar-refractivity contribution in [3.63, 3.8) is 0 Å². The van der Waals surface area contributed by atoms with Crippen molar-refractivity contribution < 1.29 is 8.83 Å². The number of para-hydroxylation sites is 3. The molecule has 7 aromatic carbocycles. The molecule has 0 radical (unpaired) electrons. The van der Waals surface area contributed by atoms with Gasteiger partial charge in [-0.25, -0.2) is 15.0 Å². The second-order valence-electron chi connectivity index (χ2n) is 14.1. The zero-order chi connectivity index (χ0) is 35.0. The van der Waals surface area contributed by atoms with Crippen molar-refractivity contribution in [2.75, 3.05) is 0 Å². The number of rotatable bonds is 4. The summed E-state index contributed by atoms with van der Waals surface area (Å²) < 4.78 is 13.0. The van der Waals surface area contributed by atoms with Gasteiger partial charge in [-0.3, -0.25) is 0 Å². The van der Waals surface area contributed by atoms with Crippen LogP contribution < -0.4 is 0 Å². The third-order valence-electron chi connectivity index (χ3n) is 10.7. The first kappa shape index (κ1) is 29.8. The summed E-state index contributed by atoms with van der Waals surface area (Å²) in [4.78, 5) is 16.0. The molecule has 1 aliphatic carbocycles. The fourth-order valence-electron chi connectivity index (χ4n) is 8.07. The number of allylic oxidation sites excluding steroid dienone is 1. The fraction of sp³-hybridized carbons (Fsp3) is 0.0625. The topological polar surface area (TPSA) is 65.0 Å². The van der Waals surface area contributed by atoms with E-state index < -0.39 is 0 Å². The molecule has 0 saturated carbocycles. The summed E-state index contributed by atoms with van der Waals surface area (Å²) in [5, 5.41) is 6.42. The van der Waals surface area contributed by atoms with E-state index in [0.29, 0.717) is 23.4 Å². The Balaban J connectivity index is 1.23. The molecule has 5 heteroatoms. The molecule has 0 saturated heterocycles. The van der Waals surface area contributed by atoms with Crippen LogP contribution in [0, 0.1) is 5.92 Å². The van der Waals surface area contributed by atoms with Gasteiger partial charge in [0.15, 0.2) is 17.5 Å². The van der Waals surface area contributed by atoms with Gasteiger partial charge >= 0.3 is 0 Å². The van der Waals surface area contributed by atoms with E-state index in [-0.39, 0.29) is 0 Å². The van der Waals surface area contributed by atoms with Crippen LogP contribution in [-0.2, 0) is 6.42 Å². The zero-order valence-corrected chi connectivity index (χ0v) is 28.9. The lowest BCUT2D eigenvalue weighted by Crippen LogP contribution is -2.05. The standard InChI is InChI=1S/C48H31N3O2/c1-28-17-18-30-20-22-33(27-34(30)25-28)46-49-47(39-14-8-13-37-36-11-4-6-15-40(36)53-45(37)39)51-48(50-46)44-35(32-21-19-29-9-2-3-10-31(29)26-32)23-24-42-43(44)38-12-5-7-16-41(38)52-42/h2-24,26-28H,25H2,1H3. The van der Waals surface area contributed by atoms with E-state index in [2.05, 4.69) is 122 Å². The summed E-state index contributed by atoms with van der Waals surface area (Å²) in [5.41, 5.74) is 10.5. The second kappa shape index (κ2) is 11.6. The van der Waals surface area contributed by atoms with Gasteiger partial charge < -0.3 is 8.83 Å². The average Bonchev–Trinajstić information content (AvgIpc) is 3.78. The maximum atomic E-state index is 6.54. The maximum Gasteiger partial charge on any atom is 0.167 e. The van der Waals surface area contributed by atoms with Crippen LogP contribution in [0.4, 0.5) is 0 Å². The van der Waals surface area contributed by atoms with Gasteiger partial charge in [0.25, 0.3) is 0 Å². The van der Waals surface area contributed by atoms with Crippen LogP contribution in [0.2, 0.25) is 0 Å². The van der Waals surface area contributed by atoms with Crippen LogP contribution in [0.25, 0.3) is 106 Å². The van der Waals surface area contributed by atoms with Crippen molar-refractivity contribution in [2.45, 2.75) is 13.3 Å². The highest BCUT2D eigenvalue weighted by Gasteiger charge is 2.24. The van der Waals surface area contributed by atoms with E-state index in [1.807, 2.05) is 36.4 Å². The van der Waals surface area contributed by atoms with Gasteiger partial charge in [0.05, 0.1) is 5.56 Å². The minimum atomic E-state index is 0.462. The van der Waals surface area contributed by atoms with Gasteiger partial charge in [-0.2, -0.15) is 0 Å². The van der Waals surface area contributed by atoms with Crippen LogP contribution in [0.3, 0.4) is 0 Å². The number of nitrogens with zero attached hydrogens (tertiary/aromatic N) is 3. The molecule has 0 N–H and O–H groups in total. The van der Waals surface area contributed by atoms with Crippen LogP contribution in [0.5, 0.6) is 0 Å². The monoisotopic (exact) mass is 681 g/mol. The first-order valence-electron chi connectivity index (χ1n) is 18.1. The molecule has 10 aromatic rings. The minimum Gasteiger partial charge on any atom is -0.456 e. The number of hydrogen-bond donors (Lipinski definition) is 0. The van der Waals surface area contributed by atoms with Crippen LogP contribution in [0.1, 0.15) is 18.1 Å². The molecule has 250 valence electrons. The molecule has 1 unspecified atom stereocenters. The van der Waals surface area contributed by atoms with Gasteiger partial charge in [-0.15, -0.1) is 0 Å². The summed E-state index contributed by atoms with van der Waals surface area (Å²) in [6, 6.07) is 48.4. The van der Waals surface area contributed by atoms with Crippen molar-refractivity contribution >= 4 is 60.7 Å². The zero-order valence-electron chi connectivity index (χ0n) is 28.9. The lowest BCUT2D eigenvalue weighted by molar-refractivity contribution is 0.668. The van der Waals surface area contributed by atoms with Crippen molar-refractivity contribution in [3.05, 3.63) is 157 Å². The first-order valence-corrected chi connectivity index (χ1v) is 18.1. The number of aromatic nitrogens is 3. The molecule has 0 bridgehead atoms. The highest BCUT2D eigenvalue weighted by Crippen LogP contribution is 2.44. The molecule has 5 nitrogen and oxygen atoms in total. The Morgan fingerprint density at radius 2 is 1.26 bits per heavy atom.